The number of alkyl halides is 3. The first-order valence-corrected chi connectivity index (χ1v) is 34.4. The van der Waals surface area contributed by atoms with Crippen molar-refractivity contribution in [1.29, 1.82) is 0 Å². The number of benzene rings is 13. The number of Topliss-reactive ketones (excluding diaryl/α,β-unsaturated/α-hetero) is 2. The second-order valence-corrected chi connectivity index (χ2v) is 25.8. The van der Waals surface area contributed by atoms with Crippen LogP contribution in [0.5, 0.6) is 0 Å². The van der Waals surface area contributed by atoms with E-state index < -0.39 is 58.1 Å². The van der Waals surface area contributed by atoms with E-state index in [1.807, 2.05) is 0 Å². The van der Waals surface area contributed by atoms with Gasteiger partial charge in [-0.3, -0.25) is 9.59 Å². The zero-order valence-corrected chi connectivity index (χ0v) is 57.3. The molecule has 0 atom stereocenters. The monoisotopic (exact) mass is 1430 g/mol. The summed E-state index contributed by atoms with van der Waals surface area (Å²) in [6.07, 6.45) is -5.09. The van der Waals surface area contributed by atoms with Gasteiger partial charge in [-0.25, -0.2) is 26.3 Å². The summed E-state index contributed by atoms with van der Waals surface area (Å²) < 4.78 is 138. The Kier molecular flexibility index (Phi) is 19.4. The predicted octanol–water partition coefficient (Wildman–Crippen LogP) is 22.2. The van der Waals surface area contributed by atoms with Gasteiger partial charge in [0.15, 0.2) is 11.6 Å². The van der Waals surface area contributed by atoms with Gasteiger partial charge in [-0.2, -0.15) is 13.2 Å². The highest BCUT2D eigenvalue weighted by atomic mass is 19.4. The van der Waals surface area contributed by atoms with Gasteiger partial charge >= 0.3 is 6.18 Å². The number of rotatable bonds is 11. The molecule has 0 unspecified atom stereocenters. The van der Waals surface area contributed by atoms with Crippen molar-refractivity contribution < 1.29 is 49.1 Å². The summed E-state index contributed by atoms with van der Waals surface area (Å²) in [6, 6.07) is 81.0. The van der Waals surface area contributed by atoms with Crippen LogP contribution in [-0.4, -0.2) is 17.7 Å². The maximum Gasteiger partial charge on any atom is 0.406 e. The molecule has 0 aliphatic heterocycles. The minimum Gasteiger partial charge on any atom is -0.289 e. The number of carbonyl (C=O) groups is 2. The average molecular weight is 1430 g/mol. The second kappa shape index (κ2) is 30.1. The normalized spacial score (nSPS) is 12.8. The highest BCUT2D eigenvalue weighted by molar-refractivity contribution is 6.60. The molecule has 0 bridgehead atoms. The fourth-order valence-corrected chi connectivity index (χ4v) is 13.7. The minimum atomic E-state index is -5.09. The Labute approximate surface area is 622 Å². The quantitative estimate of drug-likeness (QED) is 0.0735. The number of hydrogen-bond donors (Lipinski definition) is 0. The van der Waals surface area contributed by atoms with Crippen molar-refractivity contribution in [1.82, 2.24) is 0 Å². The molecule has 2 aliphatic rings. The fraction of sp³-hybridized carbons (Fsp3) is 0.0204. The Morgan fingerprint density at radius 2 is 0.339 bits per heavy atom. The van der Waals surface area contributed by atoms with E-state index in [1.165, 1.54) is 146 Å². The van der Waals surface area contributed by atoms with Gasteiger partial charge in [0.25, 0.3) is 0 Å². The molecule has 15 rings (SSSR count). The largest absolute Gasteiger partial charge is 0.406 e. The summed E-state index contributed by atoms with van der Waals surface area (Å²) in [5.74, 6) is 20.8. The van der Waals surface area contributed by atoms with E-state index >= 15 is 31.5 Å². The number of carbonyl (C=O) groups excluding carboxylic acids is 2. The summed E-state index contributed by atoms with van der Waals surface area (Å²) >= 11 is 0. The van der Waals surface area contributed by atoms with E-state index in [0.717, 1.165) is 0 Å². The summed E-state index contributed by atoms with van der Waals surface area (Å²) in [6.45, 7) is 0. The average Bonchev–Trinajstić information content (AvgIpc) is 1.53. The van der Waals surface area contributed by atoms with Gasteiger partial charge in [-0.15, -0.1) is 0 Å². The smallest absolute Gasteiger partial charge is 0.289 e. The van der Waals surface area contributed by atoms with Crippen LogP contribution in [0.3, 0.4) is 0 Å². The van der Waals surface area contributed by atoms with Crippen LogP contribution in [0.4, 0.5) is 39.5 Å². The van der Waals surface area contributed by atoms with Crippen LogP contribution in [0.25, 0.3) is 44.6 Å². The van der Waals surface area contributed by atoms with Crippen molar-refractivity contribution in [3.05, 3.63) is 462 Å². The molecule has 520 valence electrons. The molecule has 0 heterocycles. The van der Waals surface area contributed by atoms with Crippen LogP contribution in [-0.2, 0) is 15.0 Å². The first-order chi connectivity index (χ1) is 52.9. The fourth-order valence-electron chi connectivity index (χ4n) is 13.7. The van der Waals surface area contributed by atoms with Crippen LogP contribution < -0.4 is 0 Å². The van der Waals surface area contributed by atoms with Gasteiger partial charge in [-0.05, 0) is 231 Å². The molecule has 0 spiro atoms. The lowest BCUT2D eigenvalue weighted by Crippen LogP contribution is -2.44. The second-order valence-electron chi connectivity index (χ2n) is 25.8. The molecule has 0 saturated heterocycles. The van der Waals surface area contributed by atoms with E-state index in [1.54, 1.807) is 176 Å². The number of allylic oxidation sites excluding steroid dienone is 8. The standard InChI is InChI=1S/C98H53F9O2/c99-81-50-22-66(23-51-81)10-6-62-14-30-74(31-15-62)91-87(89(72-42-58-85(103)59-43-72)93(95(91)108)76-34-18-64(19-35-76)8-12-68-26-54-83(101)55-27-68)70-38-46-79(47-39-70)97(98(105,106)107,78-4-2-1-3-5-78)80-48-40-71(41-49-80)88-90(73-44-60-86(104)61-45-73)94(77-36-20-65(21-37-77)9-13-69-28-56-84(102)57-29-69)96(109)92(88)75-32-16-63(17-33-75)7-11-67-24-52-82(100)53-25-67/h1-5,14-61H. The molecule has 109 heavy (non-hydrogen) atoms. The van der Waals surface area contributed by atoms with Crippen LogP contribution in [0.15, 0.2) is 322 Å². The number of halogens is 9. The van der Waals surface area contributed by atoms with Gasteiger partial charge in [0, 0.05) is 89.1 Å². The van der Waals surface area contributed by atoms with Crippen molar-refractivity contribution in [3.63, 3.8) is 0 Å². The van der Waals surface area contributed by atoms with Crippen molar-refractivity contribution in [2.45, 2.75) is 11.6 Å². The molecule has 0 fully saturated rings. The van der Waals surface area contributed by atoms with E-state index in [4.69, 9.17) is 0 Å². The first-order valence-electron chi connectivity index (χ1n) is 34.4. The number of ketones is 2. The maximum atomic E-state index is 17.5. The lowest BCUT2D eigenvalue weighted by atomic mass is 9.68. The Morgan fingerprint density at radius 3 is 0.541 bits per heavy atom. The first kappa shape index (κ1) is 70.4. The van der Waals surface area contributed by atoms with Crippen LogP contribution in [0.2, 0.25) is 0 Å². The van der Waals surface area contributed by atoms with Gasteiger partial charge in [0.1, 0.15) is 40.3 Å². The van der Waals surface area contributed by atoms with Gasteiger partial charge < -0.3 is 0 Å². The summed E-state index contributed by atoms with van der Waals surface area (Å²) in [5.41, 5.74) is 6.56. The zero-order chi connectivity index (χ0) is 75.3. The van der Waals surface area contributed by atoms with Crippen molar-refractivity contribution in [2.24, 2.45) is 0 Å². The third-order valence-corrected chi connectivity index (χ3v) is 19.0. The van der Waals surface area contributed by atoms with Gasteiger partial charge in [0.05, 0.1) is 0 Å². The molecule has 13 aromatic rings. The third kappa shape index (κ3) is 14.6. The molecule has 0 aromatic heterocycles. The molecular formula is C98H53F9O2. The lowest BCUT2D eigenvalue weighted by Gasteiger charge is -2.38. The highest BCUT2D eigenvalue weighted by Crippen LogP contribution is 2.55. The van der Waals surface area contributed by atoms with E-state index in [9.17, 15) is 17.6 Å². The SMILES string of the molecule is O=C1C(c2ccc(C#Cc3ccc(F)cc3)cc2)=C(c2ccc(F)cc2)C(c2ccc(C(c3ccccc3)(c3ccc(C4=C(c5ccc(C#Cc6ccc(F)cc6)cc5)C(=O)C(c5ccc(C#Cc6ccc(F)cc6)cc5)=C4c4ccc(F)cc4)cc3)C(F)(F)F)cc2)=C1c1ccc(C#Cc2ccc(F)cc2)cc1. The van der Waals surface area contributed by atoms with Crippen molar-refractivity contribution in [2.75, 3.05) is 0 Å². The Balaban J connectivity index is 0.882. The minimum absolute atomic E-state index is 0.139. The Morgan fingerprint density at radius 1 is 0.183 bits per heavy atom. The molecule has 0 radical (unpaired) electrons. The van der Waals surface area contributed by atoms with Crippen LogP contribution in [0, 0.1) is 82.3 Å². The predicted molar refractivity (Wildman–Crippen MR) is 411 cm³/mol. The van der Waals surface area contributed by atoms with Crippen LogP contribution >= 0.6 is 0 Å². The van der Waals surface area contributed by atoms with E-state index in [-0.39, 0.29) is 39.0 Å². The molecule has 11 heteroatoms. The number of hydrogen-bond acceptors (Lipinski definition) is 2. The van der Waals surface area contributed by atoms with Gasteiger partial charge in [-0.1, -0.05) is 199 Å². The Hall–Kier alpha value is -14.2. The molecular weight excluding hydrogens is 1380 g/mol. The summed E-state index contributed by atoms with van der Waals surface area (Å²) in [5, 5.41) is 0. The summed E-state index contributed by atoms with van der Waals surface area (Å²) in [4.78, 5) is 31.6. The summed E-state index contributed by atoms with van der Waals surface area (Å²) in [7, 11) is 0. The Bertz CT molecular complexity index is 5750. The lowest BCUT2D eigenvalue weighted by molar-refractivity contribution is -0.166. The molecule has 0 N–H and O–H groups in total. The van der Waals surface area contributed by atoms with E-state index in [2.05, 4.69) is 47.4 Å². The molecule has 2 aliphatic carbocycles. The topological polar surface area (TPSA) is 34.1 Å². The highest BCUT2D eigenvalue weighted by Gasteiger charge is 2.58. The van der Waals surface area contributed by atoms with Crippen LogP contribution in [0.1, 0.15) is 106 Å². The van der Waals surface area contributed by atoms with Crippen molar-refractivity contribution >= 4 is 56.2 Å². The molecule has 0 saturated carbocycles. The van der Waals surface area contributed by atoms with Crippen molar-refractivity contribution in [3.8, 4) is 47.4 Å². The maximum absolute atomic E-state index is 17.5. The van der Waals surface area contributed by atoms with Gasteiger partial charge in [0.2, 0.25) is 0 Å². The zero-order valence-electron chi connectivity index (χ0n) is 57.3. The molecule has 0 amide bonds. The molecule has 13 aromatic carbocycles. The molecule has 2 nitrogen and oxygen atoms in total. The van der Waals surface area contributed by atoms with E-state index in [0.29, 0.717) is 111 Å². The third-order valence-electron chi connectivity index (χ3n) is 19.0.